The summed E-state index contributed by atoms with van der Waals surface area (Å²) in [6.45, 7) is 0. The van der Waals surface area contributed by atoms with Crippen LogP contribution in [0.4, 0.5) is 11.4 Å². The standard InChI is InChI=1S/C20H14N4O5/c1-23-15-8-3-2-7-13(15)18(25)16(20(23)27)17-14(19(26)22-21-17)10-11-5-4-6-12(9-11)24(28)29/h2-10,21H,1H3,(H,22,26)/b14-10-,17-16?. The number of hydrogen-bond donors (Lipinski definition) is 2. The molecule has 0 radical (unpaired) electrons. The van der Waals surface area contributed by atoms with Crippen molar-refractivity contribution in [2.45, 2.75) is 0 Å². The van der Waals surface area contributed by atoms with Crippen molar-refractivity contribution in [2.24, 2.45) is 0 Å². The summed E-state index contributed by atoms with van der Waals surface area (Å²) in [4.78, 5) is 50.0. The number of amides is 1. The Hall–Kier alpha value is -4.27. The Morgan fingerprint density at radius 1 is 1.03 bits per heavy atom. The number of H-pyrrole nitrogens is 2. The fraction of sp³-hybridized carbons (Fsp3) is 0.0500. The van der Waals surface area contributed by atoms with Crippen LogP contribution < -0.4 is 21.0 Å². The van der Waals surface area contributed by atoms with Crippen LogP contribution in [0.25, 0.3) is 11.6 Å². The first-order chi connectivity index (χ1) is 13.9. The van der Waals surface area contributed by atoms with Gasteiger partial charge in [0.15, 0.2) is 0 Å². The summed E-state index contributed by atoms with van der Waals surface area (Å²) in [7, 11) is 1.54. The number of ketones is 1. The Balaban J connectivity index is 2.01. The molecule has 2 heterocycles. The molecule has 4 rings (SSSR count). The van der Waals surface area contributed by atoms with E-state index in [1.165, 1.54) is 29.2 Å². The van der Waals surface area contributed by atoms with Gasteiger partial charge < -0.3 is 4.90 Å². The Morgan fingerprint density at radius 3 is 2.55 bits per heavy atom. The first-order valence-corrected chi connectivity index (χ1v) is 8.57. The highest BCUT2D eigenvalue weighted by Gasteiger charge is 2.33. The second-order valence-corrected chi connectivity index (χ2v) is 6.45. The van der Waals surface area contributed by atoms with E-state index in [1.807, 2.05) is 0 Å². The Morgan fingerprint density at radius 2 is 1.79 bits per heavy atom. The zero-order chi connectivity index (χ0) is 20.7. The largest absolute Gasteiger partial charge is 0.310 e. The topological polar surface area (TPSA) is 129 Å². The van der Waals surface area contributed by atoms with Gasteiger partial charge in [0.2, 0.25) is 5.78 Å². The van der Waals surface area contributed by atoms with Crippen molar-refractivity contribution in [3.05, 3.63) is 90.7 Å². The molecule has 1 aliphatic rings. The maximum atomic E-state index is 13.0. The maximum absolute atomic E-state index is 13.0. The smallest absolute Gasteiger partial charge is 0.271 e. The zero-order valence-electron chi connectivity index (χ0n) is 15.1. The first kappa shape index (κ1) is 18.1. The van der Waals surface area contributed by atoms with Gasteiger partial charge >= 0.3 is 0 Å². The summed E-state index contributed by atoms with van der Waals surface area (Å²) >= 11 is 0. The van der Waals surface area contributed by atoms with E-state index in [2.05, 4.69) is 10.2 Å². The van der Waals surface area contributed by atoms with Crippen molar-refractivity contribution in [3.63, 3.8) is 0 Å². The lowest BCUT2D eigenvalue weighted by atomic mass is 9.95. The molecule has 1 aliphatic heterocycles. The van der Waals surface area contributed by atoms with Gasteiger partial charge in [0.25, 0.3) is 17.2 Å². The molecule has 0 spiro atoms. The minimum Gasteiger partial charge on any atom is -0.310 e. The van der Waals surface area contributed by atoms with Crippen LogP contribution in [0.15, 0.2) is 53.3 Å². The summed E-state index contributed by atoms with van der Waals surface area (Å²) in [5.74, 6) is -1.06. The second kappa shape index (κ2) is 6.71. The quantitative estimate of drug-likeness (QED) is 0.485. The van der Waals surface area contributed by atoms with Gasteiger partial charge in [0, 0.05) is 24.7 Å². The van der Waals surface area contributed by atoms with Crippen molar-refractivity contribution < 1.29 is 14.5 Å². The lowest BCUT2D eigenvalue weighted by molar-refractivity contribution is -0.384. The normalized spacial score (nSPS) is 16.2. The molecule has 0 bridgehead atoms. The number of aromatic amines is 2. The molecule has 2 N–H and O–H groups in total. The van der Waals surface area contributed by atoms with Gasteiger partial charge in [-0.1, -0.05) is 24.3 Å². The summed E-state index contributed by atoms with van der Waals surface area (Å²) in [6.07, 6.45) is 1.39. The number of fused-ring (bicyclic) bond motifs is 1. The Bertz CT molecular complexity index is 1370. The van der Waals surface area contributed by atoms with Crippen LogP contribution >= 0.6 is 0 Å². The van der Waals surface area contributed by atoms with E-state index in [1.54, 1.807) is 37.4 Å². The van der Waals surface area contributed by atoms with Gasteiger partial charge in [-0.3, -0.25) is 34.7 Å². The first-order valence-electron chi connectivity index (χ1n) is 8.57. The van der Waals surface area contributed by atoms with Gasteiger partial charge in [-0.15, -0.1) is 0 Å². The number of carbonyl (C=O) groups is 2. The third-order valence-electron chi connectivity index (χ3n) is 4.71. The molecular formula is C20H14N4O5. The summed E-state index contributed by atoms with van der Waals surface area (Å²) < 4.78 is 0. The lowest BCUT2D eigenvalue weighted by Gasteiger charge is -2.25. The van der Waals surface area contributed by atoms with Crippen LogP contribution in [0.5, 0.6) is 0 Å². The fourth-order valence-electron chi connectivity index (χ4n) is 3.28. The van der Waals surface area contributed by atoms with Crippen molar-refractivity contribution in [3.8, 4) is 0 Å². The number of aromatic nitrogens is 2. The summed E-state index contributed by atoms with van der Waals surface area (Å²) in [5, 5.41) is 16.1. The zero-order valence-corrected chi connectivity index (χ0v) is 15.1. The predicted molar refractivity (Wildman–Crippen MR) is 105 cm³/mol. The number of Topliss-reactive ketones (excluding diaryl/α,β-unsaturated/α-hetero) is 1. The predicted octanol–water partition coefficient (Wildman–Crippen LogP) is 0.450. The number of nitro groups is 1. The fourth-order valence-corrected chi connectivity index (χ4v) is 3.28. The number of non-ortho nitro benzene ring substituents is 1. The average molecular weight is 390 g/mol. The minimum atomic E-state index is -0.558. The Kier molecular flexibility index (Phi) is 4.19. The van der Waals surface area contributed by atoms with E-state index in [4.69, 9.17) is 0 Å². The highest BCUT2D eigenvalue weighted by molar-refractivity contribution is 6.51. The number of para-hydroxylation sites is 1. The molecule has 1 aromatic heterocycles. The highest BCUT2D eigenvalue weighted by atomic mass is 16.6. The SMILES string of the molecule is CN1C(=O)C(=c2[nH][nH]c(=O)/c2=C\c2cccc([N+](=O)[O-])c2)C(=O)c2ccccc21. The van der Waals surface area contributed by atoms with Gasteiger partial charge in [-0.25, -0.2) is 0 Å². The van der Waals surface area contributed by atoms with Gasteiger partial charge in [-0.05, 0) is 23.8 Å². The van der Waals surface area contributed by atoms with Crippen molar-refractivity contribution in [1.82, 2.24) is 10.2 Å². The molecular weight excluding hydrogens is 376 g/mol. The van der Waals surface area contributed by atoms with Crippen molar-refractivity contribution in [2.75, 3.05) is 11.9 Å². The highest BCUT2D eigenvalue weighted by Crippen LogP contribution is 2.28. The summed E-state index contributed by atoms with van der Waals surface area (Å²) in [6, 6.07) is 12.4. The van der Waals surface area contributed by atoms with Crippen LogP contribution in [0.1, 0.15) is 15.9 Å². The molecule has 0 saturated heterocycles. The number of benzene rings is 2. The number of carbonyl (C=O) groups excluding carboxylic acids is 2. The van der Waals surface area contributed by atoms with Gasteiger partial charge in [0.05, 0.1) is 21.2 Å². The van der Waals surface area contributed by atoms with Crippen LogP contribution in [0.3, 0.4) is 0 Å². The number of rotatable bonds is 2. The van der Waals surface area contributed by atoms with E-state index in [0.29, 0.717) is 16.8 Å². The van der Waals surface area contributed by atoms with Crippen molar-refractivity contribution in [1.29, 1.82) is 0 Å². The molecule has 2 aromatic carbocycles. The second-order valence-electron chi connectivity index (χ2n) is 6.45. The third kappa shape index (κ3) is 2.94. The van der Waals surface area contributed by atoms with Gasteiger partial charge in [-0.2, -0.15) is 0 Å². The Labute approximate surface area is 162 Å². The van der Waals surface area contributed by atoms with Crippen molar-refractivity contribution >= 4 is 34.7 Å². The summed E-state index contributed by atoms with van der Waals surface area (Å²) in [5.41, 5.74) is 0.331. The lowest BCUT2D eigenvalue weighted by Crippen LogP contribution is -2.44. The number of nitro benzene ring substituents is 1. The van der Waals surface area contributed by atoms with Crippen LogP contribution in [0.2, 0.25) is 0 Å². The van der Waals surface area contributed by atoms with E-state index in [9.17, 15) is 24.5 Å². The van der Waals surface area contributed by atoms with E-state index in [-0.39, 0.29) is 21.8 Å². The van der Waals surface area contributed by atoms with Crippen LogP contribution in [-0.4, -0.2) is 33.9 Å². The van der Waals surface area contributed by atoms with Gasteiger partial charge in [0.1, 0.15) is 5.57 Å². The molecule has 0 unspecified atom stereocenters. The van der Waals surface area contributed by atoms with Crippen LogP contribution in [0, 0.1) is 10.1 Å². The minimum absolute atomic E-state index is 0.0370. The molecule has 0 saturated carbocycles. The third-order valence-corrected chi connectivity index (χ3v) is 4.71. The molecule has 1 amide bonds. The molecule has 9 nitrogen and oxygen atoms in total. The van der Waals surface area contributed by atoms with Crippen LogP contribution in [-0.2, 0) is 4.79 Å². The molecule has 144 valence electrons. The molecule has 9 heteroatoms. The number of nitrogens with zero attached hydrogens (tertiary/aromatic N) is 2. The average Bonchev–Trinajstić information content (AvgIpc) is 3.07. The molecule has 3 aromatic rings. The number of hydrogen-bond acceptors (Lipinski definition) is 5. The molecule has 0 aliphatic carbocycles. The van der Waals surface area contributed by atoms with E-state index < -0.39 is 22.2 Å². The van der Waals surface area contributed by atoms with E-state index >= 15 is 0 Å². The number of anilines is 1. The monoisotopic (exact) mass is 390 g/mol. The molecule has 0 atom stereocenters. The number of nitrogens with one attached hydrogen (secondary N) is 2. The molecule has 0 fully saturated rings. The molecule has 29 heavy (non-hydrogen) atoms. The van der Waals surface area contributed by atoms with E-state index in [0.717, 1.165) is 0 Å². The maximum Gasteiger partial charge on any atom is 0.271 e.